The second-order valence-corrected chi connectivity index (χ2v) is 15.0. The Kier molecular flexibility index (Phi) is 9.07. The van der Waals surface area contributed by atoms with Crippen molar-refractivity contribution >= 4 is 16.0 Å². The summed E-state index contributed by atoms with van der Waals surface area (Å²) in [6.45, 7) is 19.1. The lowest BCUT2D eigenvalue weighted by Gasteiger charge is -2.47. The van der Waals surface area contributed by atoms with Gasteiger partial charge in [-0.2, -0.15) is 4.31 Å². The van der Waals surface area contributed by atoms with E-state index in [0.717, 1.165) is 34.2 Å². The van der Waals surface area contributed by atoms with E-state index in [4.69, 9.17) is 9.47 Å². The quantitative estimate of drug-likeness (QED) is 0.352. The molecule has 2 fully saturated rings. The second kappa shape index (κ2) is 11.9. The Balaban J connectivity index is 1.61. The molecule has 7 nitrogen and oxygen atoms in total. The molecule has 4 atom stereocenters. The number of rotatable bonds is 8. The Morgan fingerprint density at radius 2 is 1.85 bits per heavy atom. The molecule has 2 heterocycles. The summed E-state index contributed by atoms with van der Waals surface area (Å²) in [6, 6.07) is 11.3. The third-order valence-corrected chi connectivity index (χ3v) is 10.4. The highest BCUT2D eigenvalue weighted by Crippen LogP contribution is 2.49. The molecular formula is C33H45NO6S. The predicted molar refractivity (Wildman–Crippen MR) is 161 cm³/mol. The average molecular weight is 584 g/mol. The third kappa shape index (κ3) is 6.71. The lowest BCUT2D eigenvalue weighted by atomic mass is 9.75. The highest BCUT2D eigenvalue weighted by Gasteiger charge is 2.45. The number of piperidine rings is 1. The molecule has 1 N–H and O–H groups in total. The van der Waals surface area contributed by atoms with Crippen molar-refractivity contribution in [2.24, 2.45) is 11.8 Å². The van der Waals surface area contributed by atoms with Crippen LogP contribution in [0.5, 0.6) is 5.75 Å². The van der Waals surface area contributed by atoms with Crippen molar-refractivity contribution in [1.29, 1.82) is 0 Å². The fourth-order valence-corrected chi connectivity index (χ4v) is 7.60. The Morgan fingerprint density at radius 3 is 2.41 bits per heavy atom. The fourth-order valence-electron chi connectivity index (χ4n) is 6.09. The molecule has 0 bridgehead atoms. The van der Waals surface area contributed by atoms with Gasteiger partial charge in [-0.15, -0.1) is 0 Å². The summed E-state index contributed by atoms with van der Waals surface area (Å²) >= 11 is 0. The van der Waals surface area contributed by atoms with Crippen LogP contribution in [0.3, 0.4) is 0 Å². The normalized spacial score (nSPS) is 23.7. The van der Waals surface area contributed by atoms with Gasteiger partial charge in [0.1, 0.15) is 5.75 Å². The molecule has 0 saturated carbocycles. The molecule has 2 aliphatic rings. The molecule has 0 unspecified atom stereocenters. The molecule has 0 aliphatic carbocycles. The number of benzene rings is 2. The Hall–Kier alpha value is -2.68. The van der Waals surface area contributed by atoms with E-state index in [9.17, 15) is 18.3 Å². The molecule has 2 aliphatic heterocycles. The van der Waals surface area contributed by atoms with Gasteiger partial charge in [-0.3, -0.25) is 0 Å². The van der Waals surface area contributed by atoms with Crippen LogP contribution in [0.25, 0.3) is 0 Å². The molecule has 0 radical (unpaired) electrons. The first-order valence-corrected chi connectivity index (χ1v) is 15.9. The molecule has 0 aromatic heterocycles. The smallest absolute Gasteiger partial charge is 0.341 e. The maximum atomic E-state index is 13.6. The first-order chi connectivity index (χ1) is 19.1. The van der Waals surface area contributed by atoms with Crippen LogP contribution in [0.2, 0.25) is 0 Å². The molecule has 2 saturated heterocycles. The highest BCUT2D eigenvalue weighted by atomic mass is 32.2. The maximum absolute atomic E-state index is 13.6. The van der Waals surface area contributed by atoms with Crippen molar-refractivity contribution in [3.8, 4) is 5.75 Å². The first-order valence-electron chi connectivity index (χ1n) is 14.5. The van der Waals surface area contributed by atoms with Gasteiger partial charge in [-0.25, -0.2) is 13.2 Å². The van der Waals surface area contributed by atoms with E-state index in [-0.39, 0.29) is 35.4 Å². The molecular weight excluding hydrogens is 538 g/mol. The Bertz CT molecular complexity index is 1390. The Labute approximate surface area is 245 Å². The number of carbonyl (C=O) groups is 1. The number of hydrogen-bond donors (Lipinski definition) is 1. The number of carboxylic acid groups (broad SMARTS) is 1. The first kappa shape index (κ1) is 31.3. The number of nitrogens with zero attached hydrogens (tertiary/aromatic N) is 1. The number of aryl methyl sites for hydroxylation is 1. The molecule has 2 aromatic rings. The molecule has 224 valence electrons. The van der Waals surface area contributed by atoms with Crippen molar-refractivity contribution in [2.45, 2.75) is 89.7 Å². The van der Waals surface area contributed by atoms with E-state index < -0.39 is 22.6 Å². The fraction of sp³-hybridized carbons (Fsp3) is 0.545. The zero-order valence-electron chi connectivity index (χ0n) is 25.4. The van der Waals surface area contributed by atoms with Crippen LogP contribution < -0.4 is 4.74 Å². The van der Waals surface area contributed by atoms with Gasteiger partial charge >= 0.3 is 5.97 Å². The summed E-state index contributed by atoms with van der Waals surface area (Å²) in [5, 5.41) is 9.32. The van der Waals surface area contributed by atoms with Crippen LogP contribution in [0.15, 0.2) is 53.4 Å². The standard InChI is InChI=1S/C33H45NO6S/c1-20(2)23-15-22(5)31(29(17-23)39-19-30(35)36)32-27(21(3)4)16-24-18-34(14-13-28(24)40-32)41(37,38)26-11-9-25(10-12-26)33(6,7)8/h9-12,15,17,20,24,27-28,32H,3,13-14,16,18-19H2,1-2,4-8H3,(H,35,36)/t24-,27-,28+,32+/m0/s1. The minimum Gasteiger partial charge on any atom is -0.482 e. The van der Waals surface area contributed by atoms with Gasteiger partial charge in [0, 0.05) is 24.6 Å². The highest BCUT2D eigenvalue weighted by molar-refractivity contribution is 7.89. The molecule has 41 heavy (non-hydrogen) atoms. The number of fused-ring (bicyclic) bond motifs is 1. The van der Waals surface area contributed by atoms with E-state index in [2.05, 4.69) is 47.3 Å². The van der Waals surface area contributed by atoms with Crippen molar-refractivity contribution in [2.75, 3.05) is 19.7 Å². The van der Waals surface area contributed by atoms with Gasteiger partial charge in [-0.05, 0) is 78.8 Å². The Morgan fingerprint density at radius 1 is 1.20 bits per heavy atom. The van der Waals surface area contributed by atoms with E-state index in [1.807, 2.05) is 32.0 Å². The number of carboxylic acids is 1. The van der Waals surface area contributed by atoms with E-state index >= 15 is 0 Å². The van der Waals surface area contributed by atoms with Gasteiger partial charge in [0.15, 0.2) is 6.61 Å². The van der Waals surface area contributed by atoms with Crippen molar-refractivity contribution < 1.29 is 27.8 Å². The molecule has 2 aromatic carbocycles. The number of sulfonamides is 1. The van der Waals surface area contributed by atoms with Gasteiger partial charge in [0.2, 0.25) is 10.0 Å². The minimum absolute atomic E-state index is 0.0176. The molecule has 0 amide bonds. The molecule has 4 rings (SSSR count). The zero-order valence-corrected chi connectivity index (χ0v) is 26.3. The minimum atomic E-state index is -3.64. The maximum Gasteiger partial charge on any atom is 0.341 e. The van der Waals surface area contributed by atoms with Crippen molar-refractivity contribution in [3.05, 3.63) is 70.8 Å². The van der Waals surface area contributed by atoms with Gasteiger partial charge in [-0.1, -0.05) is 65.0 Å². The third-order valence-electron chi connectivity index (χ3n) is 8.54. The summed E-state index contributed by atoms with van der Waals surface area (Å²) in [5.41, 5.74) is 4.90. The van der Waals surface area contributed by atoms with Gasteiger partial charge in [0.05, 0.1) is 17.1 Å². The van der Waals surface area contributed by atoms with E-state index in [1.54, 1.807) is 16.4 Å². The SMILES string of the molecule is C=C(C)[C@@H]1C[C@H]2CN(S(=O)(=O)c3ccc(C(C)(C)C)cc3)CC[C@H]2O[C@H]1c1c(C)cc(C(C)C)cc1OCC(=O)O. The summed E-state index contributed by atoms with van der Waals surface area (Å²) in [5.74, 6) is -0.306. The topological polar surface area (TPSA) is 93.1 Å². The summed E-state index contributed by atoms with van der Waals surface area (Å²) < 4.78 is 41.5. The largest absolute Gasteiger partial charge is 0.482 e. The van der Waals surface area contributed by atoms with E-state index in [1.165, 1.54) is 0 Å². The van der Waals surface area contributed by atoms with E-state index in [0.29, 0.717) is 30.2 Å². The molecule has 8 heteroatoms. The number of hydrogen-bond acceptors (Lipinski definition) is 5. The number of aliphatic carboxylic acids is 1. The summed E-state index contributed by atoms with van der Waals surface area (Å²) in [7, 11) is -3.64. The summed E-state index contributed by atoms with van der Waals surface area (Å²) in [4.78, 5) is 11.7. The van der Waals surface area contributed by atoms with Gasteiger partial charge < -0.3 is 14.6 Å². The van der Waals surface area contributed by atoms with Crippen LogP contribution in [0, 0.1) is 18.8 Å². The summed E-state index contributed by atoms with van der Waals surface area (Å²) in [6.07, 6.45) is 0.829. The molecule has 0 spiro atoms. The zero-order chi connectivity index (χ0) is 30.3. The van der Waals surface area contributed by atoms with Crippen LogP contribution in [0.4, 0.5) is 0 Å². The van der Waals surface area contributed by atoms with Crippen LogP contribution in [0.1, 0.15) is 88.7 Å². The average Bonchev–Trinajstić information content (AvgIpc) is 2.90. The van der Waals surface area contributed by atoms with Crippen molar-refractivity contribution in [3.63, 3.8) is 0 Å². The monoisotopic (exact) mass is 583 g/mol. The van der Waals surface area contributed by atoms with Gasteiger partial charge in [0.25, 0.3) is 0 Å². The second-order valence-electron chi connectivity index (χ2n) is 13.1. The van der Waals surface area contributed by atoms with Crippen LogP contribution >= 0.6 is 0 Å². The van der Waals surface area contributed by atoms with Crippen molar-refractivity contribution in [1.82, 2.24) is 4.31 Å². The number of ether oxygens (including phenoxy) is 2. The lowest BCUT2D eigenvalue weighted by molar-refractivity contribution is -0.139. The van der Waals surface area contributed by atoms with Crippen LogP contribution in [-0.2, 0) is 25.0 Å². The van der Waals surface area contributed by atoms with Crippen LogP contribution in [-0.4, -0.2) is 49.6 Å². The lowest BCUT2D eigenvalue weighted by Crippen LogP contribution is -2.50. The predicted octanol–water partition coefficient (Wildman–Crippen LogP) is 6.61.